The SMILES string of the molecule is CC.Cc1cnc(C(=O)Nc2cc(N)c(F)c(Cl)c2)cn1. The van der Waals surface area contributed by atoms with Crippen molar-refractivity contribution in [2.75, 3.05) is 11.1 Å². The van der Waals surface area contributed by atoms with Crippen LogP contribution in [-0.4, -0.2) is 15.9 Å². The quantitative estimate of drug-likeness (QED) is 0.833. The summed E-state index contributed by atoms with van der Waals surface area (Å²) >= 11 is 5.64. The molecule has 1 amide bonds. The number of nitrogens with two attached hydrogens (primary N) is 1. The number of aryl methyl sites for hydroxylation is 1. The average Bonchev–Trinajstić information content (AvgIpc) is 2.47. The predicted molar refractivity (Wildman–Crippen MR) is 81.9 cm³/mol. The summed E-state index contributed by atoms with van der Waals surface area (Å²) in [5.74, 6) is -1.19. The lowest BCUT2D eigenvalue weighted by Crippen LogP contribution is -2.14. The van der Waals surface area contributed by atoms with Crippen LogP contribution in [0.5, 0.6) is 0 Å². The largest absolute Gasteiger partial charge is 0.396 e. The van der Waals surface area contributed by atoms with E-state index in [4.69, 9.17) is 17.3 Å². The van der Waals surface area contributed by atoms with Gasteiger partial charge >= 0.3 is 0 Å². The van der Waals surface area contributed by atoms with E-state index >= 15 is 0 Å². The van der Waals surface area contributed by atoms with Gasteiger partial charge in [0.15, 0.2) is 5.82 Å². The number of benzene rings is 1. The molecule has 1 heterocycles. The molecule has 7 heteroatoms. The first-order valence-electron chi connectivity index (χ1n) is 6.32. The Bertz CT molecular complexity index is 608. The summed E-state index contributed by atoms with van der Waals surface area (Å²) in [5, 5.41) is 2.35. The monoisotopic (exact) mass is 310 g/mol. The van der Waals surface area contributed by atoms with Gasteiger partial charge in [0.25, 0.3) is 5.91 Å². The molecule has 2 aromatic rings. The zero-order valence-electron chi connectivity index (χ0n) is 11.9. The number of aromatic nitrogens is 2. The summed E-state index contributed by atoms with van der Waals surface area (Å²) in [5.41, 5.74) is 6.41. The molecule has 0 saturated carbocycles. The van der Waals surface area contributed by atoms with Crippen LogP contribution in [0.2, 0.25) is 5.02 Å². The third kappa shape index (κ3) is 4.39. The topological polar surface area (TPSA) is 80.9 Å². The Morgan fingerprint density at radius 2 is 1.95 bits per heavy atom. The van der Waals surface area contributed by atoms with E-state index in [0.717, 1.165) is 0 Å². The molecule has 0 spiro atoms. The van der Waals surface area contributed by atoms with Crippen molar-refractivity contribution in [1.82, 2.24) is 9.97 Å². The van der Waals surface area contributed by atoms with Crippen molar-refractivity contribution in [2.45, 2.75) is 20.8 Å². The fourth-order valence-electron chi connectivity index (χ4n) is 1.39. The normalized spacial score (nSPS) is 9.57. The summed E-state index contributed by atoms with van der Waals surface area (Å²) < 4.78 is 13.2. The third-order valence-corrected chi connectivity index (χ3v) is 2.60. The molecule has 0 aliphatic carbocycles. The van der Waals surface area contributed by atoms with Gasteiger partial charge in [-0.3, -0.25) is 9.78 Å². The van der Waals surface area contributed by atoms with E-state index in [1.807, 2.05) is 13.8 Å². The lowest BCUT2D eigenvalue weighted by molar-refractivity contribution is 0.102. The molecular formula is C14H16ClFN4O. The molecule has 0 bridgehead atoms. The smallest absolute Gasteiger partial charge is 0.275 e. The lowest BCUT2D eigenvalue weighted by atomic mass is 10.2. The summed E-state index contributed by atoms with van der Waals surface area (Å²) in [6, 6.07) is 2.55. The van der Waals surface area contributed by atoms with Gasteiger partial charge in [-0.25, -0.2) is 9.37 Å². The van der Waals surface area contributed by atoms with E-state index < -0.39 is 11.7 Å². The maximum Gasteiger partial charge on any atom is 0.275 e. The fraction of sp³-hybridized carbons (Fsp3) is 0.214. The van der Waals surface area contributed by atoms with Gasteiger partial charge in [-0.15, -0.1) is 0 Å². The van der Waals surface area contributed by atoms with E-state index in [-0.39, 0.29) is 22.1 Å². The highest BCUT2D eigenvalue weighted by molar-refractivity contribution is 6.31. The highest BCUT2D eigenvalue weighted by Crippen LogP contribution is 2.25. The molecule has 0 radical (unpaired) electrons. The van der Waals surface area contributed by atoms with E-state index in [1.54, 1.807) is 6.92 Å². The van der Waals surface area contributed by atoms with Crippen molar-refractivity contribution in [3.05, 3.63) is 46.8 Å². The molecule has 0 aliphatic heterocycles. The lowest BCUT2D eigenvalue weighted by Gasteiger charge is -2.07. The van der Waals surface area contributed by atoms with Gasteiger partial charge in [0, 0.05) is 11.9 Å². The Labute approximate surface area is 127 Å². The number of amides is 1. The van der Waals surface area contributed by atoms with Crippen LogP contribution >= 0.6 is 11.6 Å². The minimum atomic E-state index is -0.713. The number of nitrogen functional groups attached to an aromatic ring is 1. The van der Waals surface area contributed by atoms with Crippen molar-refractivity contribution < 1.29 is 9.18 Å². The maximum absolute atomic E-state index is 13.2. The molecule has 0 fully saturated rings. The molecular weight excluding hydrogens is 295 g/mol. The van der Waals surface area contributed by atoms with Crippen LogP contribution in [0.3, 0.4) is 0 Å². The number of hydrogen-bond donors (Lipinski definition) is 2. The van der Waals surface area contributed by atoms with E-state index in [1.165, 1.54) is 24.5 Å². The van der Waals surface area contributed by atoms with E-state index in [9.17, 15) is 9.18 Å². The number of nitrogens with zero attached hydrogens (tertiary/aromatic N) is 2. The number of nitrogens with one attached hydrogen (secondary N) is 1. The van der Waals surface area contributed by atoms with E-state index in [2.05, 4.69) is 15.3 Å². The number of rotatable bonds is 2. The Balaban J connectivity index is 0.00000106. The number of hydrogen-bond acceptors (Lipinski definition) is 4. The highest BCUT2D eigenvalue weighted by Gasteiger charge is 2.11. The molecule has 1 aromatic carbocycles. The molecule has 1 aromatic heterocycles. The van der Waals surface area contributed by atoms with Crippen LogP contribution in [0.1, 0.15) is 30.0 Å². The van der Waals surface area contributed by atoms with Crippen molar-refractivity contribution >= 4 is 28.9 Å². The molecule has 0 atom stereocenters. The summed E-state index contributed by atoms with van der Waals surface area (Å²) in [4.78, 5) is 19.7. The minimum absolute atomic E-state index is 0.141. The highest BCUT2D eigenvalue weighted by atomic mass is 35.5. The van der Waals surface area contributed by atoms with Crippen LogP contribution in [0.4, 0.5) is 15.8 Å². The zero-order chi connectivity index (χ0) is 16.0. The Morgan fingerprint density at radius 3 is 2.48 bits per heavy atom. The first-order chi connectivity index (χ1) is 9.97. The number of anilines is 2. The number of halogens is 2. The molecule has 5 nitrogen and oxygen atoms in total. The van der Waals surface area contributed by atoms with Crippen molar-refractivity contribution in [2.24, 2.45) is 0 Å². The summed E-state index contributed by atoms with van der Waals surface area (Å²) in [6.45, 7) is 5.76. The molecule has 0 aliphatic rings. The molecule has 3 N–H and O–H groups in total. The molecule has 21 heavy (non-hydrogen) atoms. The Hall–Kier alpha value is -2.21. The summed E-state index contributed by atoms with van der Waals surface area (Å²) in [6.07, 6.45) is 2.82. The fourth-order valence-corrected chi connectivity index (χ4v) is 1.61. The molecule has 112 valence electrons. The first-order valence-corrected chi connectivity index (χ1v) is 6.69. The van der Waals surface area contributed by atoms with Gasteiger partial charge in [-0.05, 0) is 19.1 Å². The van der Waals surface area contributed by atoms with Crippen LogP contribution in [-0.2, 0) is 0 Å². The molecule has 2 rings (SSSR count). The average molecular weight is 311 g/mol. The third-order valence-electron chi connectivity index (χ3n) is 2.33. The Kier molecular flexibility index (Phi) is 6.05. The second-order valence-electron chi connectivity index (χ2n) is 3.86. The number of carbonyl (C=O) groups is 1. The van der Waals surface area contributed by atoms with Crippen molar-refractivity contribution in [3.8, 4) is 0 Å². The van der Waals surface area contributed by atoms with Gasteiger partial charge < -0.3 is 11.1 Å². The van der Waals surface area contributed by atoms with Gasteiger partial charge in [-0.1, -0.05) is 25.4 Å². The standard InChI is InChI=1S/C12H10ClFN4O.C2H6/c1-6-4-17-10(5-16-6)12(19)18-7-2-8(13)11(14)9(15)3-7;1-2/h2-5H,15H2,1H3,(H,18,19);1-2H3. The zero-order valence-corrected chi connectivity index (χ0v) is 12.7. The van der Waals surface area contributed by atoms with Crippen LogP contribution in [0, 0.1) is 12.7 Å². The van der Waals surface area contributed by atoms with Crippen LogP contribution < -0.4 is 11.1 Å². The summed E-state index contributed by atoms with van der Waals surface area (Å²) in [7, 11) is 0. The maximum atomic E-state index is 13.2. The molecule has 0 saturated heterocycles. The number of carbonyl (C=O) groups excluding carboxylic acids is 1. The minimum Gasteiger partial charge on any atom is -0.396 e. The Morgan fingerprint density at radius 1 is 1.29 bits per heavy atom. The van der Waals surface area contributed by atoms with Crippen molar-refractivity contribution in [3.63, 3.8) is 0 Å². The van der Waals surface area contributed by atoms with Crippen LogP contribution in [0.25, 0.3) is 0 Å². The second-order valence-corrected chi connectivity index (χ2v) is 4.27. The second kappa shape index (κ2) is 7.54. The van der Waals surface area contributed by atoms with Gasteiger partial charge in [0.1, 0.15) is 5.69 Å². The van der Waals surface area contributed by atoms with Gasteiger partial charge in [0.05, 0.1) is 22.6 Å². The predicted octanol–water partition coefficient (Wildman–Crippen LogP) is 3.44. The van der Waals surface area contributed by atoms with Crippen LogP contribution in [0.15, 0.2) is 24.5 Å². The van der Waals surface area contributed by atoms with Crippen molar-refractivity contribution in [1.29, 1.82) is 0 Å². The first kappa shape index (κ1) is 16.8. The molecule has 0 unspecified atom stereocenters. The van der Waals surface area contributed by atoms with E-state index in [0.29, 0.717) is 5.69 Å². The van der Waals surface area contributed by atoms with Gasteiger partial charge in [-0.2, -0.15) is 0 Å². The van der Waals surface area contributed by atoms with Gasteiger partial charge in [0.2, 0.25) is 0 Å².